The lowest BCUT2D eigenvalue weighted by atomic mass is 10.3. The summed E-state index contributed by atoms with van der Waals surface area (Å²) in [5.41, 5.74) is 1.71. The molecule has 0 fully saturated rings. The molecule has 8 heteroatoms. The highest BCUT2D eigenvalue weighted by atomic mass is 16.5. The SMILES string of the molecule is COCCNC(=O)Cn1ncc2c3oc(C)cc3n(C(C)C)c2c1=O. The lowest BCUT2D eigenvalue weighted by molar-refractivity contribution is -0.122. The summed E-state index contributed by atoms with van der Waals surface area (Å²) in [4.78, 5) is 24.9. The molecular weight excluding hydrogens is 324 g/mol. The van der Waals surface area contributed by atoms with Crippen LogP contribution in [0.1, 0.15) is 25.6 Å². The fraction of sp³-hybridized carbons (Fsp3) is 0.471. The molecule has 134 valence electrons. The molecule has 0 aliphatic rings. The molecule has 0 atom stereocenters. The molecule has 0 saturated carbocycles. The Balaban J connectivity index is 2.06. The van der Waals surface area contributed by atoms with Crippen LogP contribution < -0.4 is 10.9 Å². The van der Waals surface area contributed by atoms with Crippen molar-refractivity contribution in [1.82, 2.24) is 19.7 Å². The summed E-state index contributed by atoms with van der Waals surface area (Å²) in [6, 6.07) is 1.98. The predicted molar refractivity (Wildman–Crippen MR) is 93.8 cm³/mol. The molecule has 0 aromatic carbocycles. The molecule has 3 rings (SSSR count). The van der Waals surface area contributed by atoms with Crippen LogP contribution >= 0.6 is 0 Å². The Kier molecular flexibility index (Phi) is 4.63. The van der Waals surface area contributed by atoms with Crippen molar-refractivity contribution in [2.75, 3.05) is 20.3 Å². The van der Waals surface area contributed by atoms with Crippen LogP contribution in [0.3, 0.4) is 0 Å². The zero-order chi connectivity index (χ0) is 18.1. The Morgan fingerprint density at radius 3 is 2.88 bits per heavy atom. The summed E-state index contributed by atoms with van der Waals surface area (Å²) in [5.74, 6) is 0.496. The van der Waals surface area contributed by atoms with Gasteiger partial charge in [-0.25, -0.2) is 4.68 Å². The normalized spacial score (nSPS) is 11.7. The summed E-state index contributed by atoms with van der Waals surface area (Å²) in [6.07, 6.45) is 1.59. The molecule has 8 nitrogen and oxygen atoms in total. The van der Waals surface area contributed by atoms with Crippen molar-refractivity contribution in [3.05, 3.63) is 28.4 Å². The minimum Gasteiger partial charge on any atom is -0.459 e. The van der Waals surface area contributed by atoms with E-state index in [9.17, 15) is 9.59 Å². The molecule has 0 bridgehead atoms. The maximum atomic E-state index is 12.9. The Morgan fingerprint density at radius 2 is 2.20 bits per heavy atom. The van der Waals surface area contributed by atoms with Crippen molar-refractivity contribution in [2.24, 2.45) is 0 Å². The number of hydrogen-bond acceptors (Lipinski definition) is 5. The number of aryl methyl sites for hydroxylation is 1. The molecule has 3 aromatic rings. The van der Waals surface area contributed by atoms with Gasteiger partial charge in [-0.2, -0.15) is 5.10 Å². The largest absolute Gasteiger partial charge is 0.459 e. The van der Waals surface area contributed by atoms with Gasteiger partial charge in [0.2, 0.25) is 5.91 Å². The number of carbonyl (C=O) groups is 1. The highest BCUT2D eigenvalue weighted by molar-refractivity contribution is 6.04. The first-order chi connectivity index (χ1) is 11.9. The lowest BCUT2D eigenvalue weighted by Crippen LogP contribution is -2.35. The Bertz CT molecular complexity index is 980. The fourth-order valence-corrected chi connectivity index (χ4v) is 3.00. The second-order valence-electron chi connectivity index (χ2n) is 6.25. The predicted octanol–water partition coefficient (Wildman–Crippen LogP) is 1.60. The summed E-state index contributed by atoms with van der Waals surface area (Å²) >= 11 is 0. The van der Waals surface area contributed by atoms with E-state index in [2.05, 4.69) is 10.4 Å². The van der Waals surface area contributed by atoms with Gasteiger partial charge in [-0.15, -0.1) is 0 Å². The molecule has 1 N–H and O–H groups in total. The highest BCUT2D eigenvalue weighted by Gasteiger charge is 2.21. The minimum atomic E-state index is -0.308. The second kappa shape index (κ2) is 6.72. The van der Waals surface area contributed by atoms with Gasteiger partial charge < -0.3 is 19.0 Å². The lowest BCUT2D eigenvalue weighted by Gasteiger charge is -2.11. The first-order valence-corrected chi connectivity index (χ1v) is 8.19. The number of nitrogens with zero attached hydrogens (tertiary/aromatic N) is 3. The third-order valence-electron chi connectivity index (χ3n) is 4.04. The van der Waals surface area contributed by atoms with Gasteiger partial charge in [-0.1, -0.05) is 0 Å². The zero-order valence-electron chi connectivity index (χ0n) is 14.8. The number of nitrogens with one attached hydrogen (secondary N) is 1. The van der Waals surface area contributed by atoms with Crippen molar-refractivity contribution in [3.8, 4) is 0 Å². The number of methoxy groups -OCH3 is 1. The Hall–Kier alpha value is -2.61. The van der Waals surface area contributed by atoms with E-state index >= 15 is 0 Å². The summed E-state index contributed by atoms with van der Waals surface area (Å²) < 4.78 is 13.7. The zero-order valence-corrected chi connectivity index (χ0v) is 14.8. The van der Waals surface area contributed by atoms with Crippen LogP contribution in [-0.4, -0.2) is 40.5 Å². The summed E-state index contributed by atoms with van der Waals surface area (Å²) in [7, 11) is 1.56. The van der Waals surface area contributed by atoms with Crippen LogP contribution in [0.4, 0.5) is 0 Å². The van der Waals surface area contributed by atoms with Crippen LogP contribution in [0.25, 0.3) is 22.0 Å². The molecule has 0 unspecified atom stereocenters. The van der Waals surface area contributed by atoms with Crippen LogP contribution in [0.2, 0.25) is 0 Å². The van der Waals surface area contributed by atoms with E-state index in [4.69, 9.17) is 9.15 Å². The number of rotatable bonds is 6. The van der Waals surface area contributed by atoms with E-state index in [0.29, 0.717) is 29.6 Å². The van der Waals surface area contributed by atoms with Gasteiger partial charge in [0.05, 0.1) is 23.7 Å². The smallest absolute Gasteiger partial charge is 0.291 e. The van der Waals surface area contributed by atoms with Gasteiger partial charge in [-0.05, 0) is 20.8 Å². The quantitative estimate of drug-likeness (QED) is 0.685. The molecular formula is C17H22N4O4. The van der Waals surface area contributed by atoms with Gasteiger partial charge in [0.25, 0.3) is 5.56 Å². The van der Waals surface area contributed by atoms with Crippen LogP contribution in [0.15, 0.2) is 21.5 Å². The number of carbonyl (C=O) groups excluding carboxylic acids is 1. The number of fused-ring (bicyclic) bond motifs is 3. The summed E-state index contributed by atoms with van der Waals surface area (Å²) in [5, 5.41) is 7.49. The minimum absolute atomic E-state index is 0.0658. The number of hydrogen-bond donors (Lipinski definition) is 1. The standard InChI is InChI=1S/C17H22N4O4/c1-10(2)21-13-7-11(3)25-16(13)12-8-19-20(17(23)15(12)21)9-14(22)18-5-6-24-4/h7-8,10H,5-6,9H2,1-4H3,(H,18,22). The van der Waals surface area contributed by atoms with Crippen LogP contribution in [-0.2, 0) is 16.1 Å². The van der Waals surface area contributed by atoms with Crippen molar-refractivity contribution in [2.45, 2.75) is 33.4 Å². The Morgan fingerprint density at radius 1 is 1.44 bits per heavy atom. The third-order valence-corrected chi connectivity index (χ3v) is 4.04. The number of furan rings is 1. The van der Waals surface area contributed by atoms with Crippen LogP contribution in [0.5, 0.6) is 0 Å². The van der Waals surface area contributed by atoms with E-state index in [-0.39, 0.29) is 24.1 Å². The summed E-state index contributed by atoms with van der Waals surface area (Å²) in [6.45, 7) is 6.55. The average molecular weight is 346 g/mol. The van der Waals surface area contributed by atoms with Gasteiger partial charge >= 0.3 is 0 Å². The van der Waals surface area contributed by atoms with E-state index in [1.807, 2.05) is 31.4 Å². The van der Waals surface area contributed by atoms with Gasteiger partial charge in [0.15, 0.2) is 5.58 Å². The third kappa shape index (κ3) is 3.05. The van der Waals surface area contributed by atoms with E-state index in [1.165, 1.54) is 4.68 Å². The first-order valence-electron chi connectivity index (χ1n) is 8.19. The average Bonchev–Trinajstić information content (AvgIpc) is 3.05. The number of ether oxygens (including phenoxy) is 1. The monoisotopic (exact) mass is 346 g/mol. The fourth-order valence-electron chi connectivity index (χ4n) is 3.00. The topological polar surface area (TPSA) is 91.3 Å². The molecule has 0 aliphatic carbocycles. The van der Waals surface area contributed by atoms with Crippen molar-refractivity contribution >= 4 is 27.9 Å². The molecule has 3 aromatic heterocycles. The molecule has 25 heavy (non-hydrogen) atoms. The Labute approximate surface area is 144 Å². The molecule has 1 amide bonds. The van der Waals surface area contributed by atoms with Crippen LogP contribution in [0, 0.1) is 6.92 Å². The maximum absolute atomic E-state index is 12.9. The first kappa shape index (κ1) is 17.2. The van der Waals surface area contributed by atoms with Gasteiger partial charge in [0.1, 0.15) is 17.8 Å². The van der Waals surface area contributed by atoms with Gasteiger partial charge in [0, 0.05) is 25.8 Å². The number of aromatic nitrogens is 3. The van der Waals surface area contributed by atoms with Crippen molar-refractivity contribution in [1.29, 1.82) is 0 Å². The molecule has 0 spiro atoms. The van der Waals surface area contributed by atoms with E-state index in [0.717, 1.165) is 11.3 Å². The molecule has 0 saturated heterocycles. The van der Waals surface area contributed by atoms with Crippen molar-refractivity contribution in [3.63, 3.8) is 0 Å². The maximum Gasteiger partial charge on any atom is 0.291 e. The molecule has 0 aliphatic heterocycles. The molecule has 0 radical (unpaired) electrons. The molecule has 3 heterocycles. The van der Waals surface area contributed by atoms with Crippen molar-refractivity contribution < 1.29 is 13.9 Å². The van der Waals surface area contributed by atoms with E-state index < -0.39 is 0 Å². The number of amides is 1. The highest BCUT2D eigenvalue weighted by Crippen LogP contribution is 2.31. The second-order valence-corrected chi connectivity index (χ2v) is 6.25. The van der Waals surface area contributed by atoms with Gasteiger partial charge in [-0.3, -0.25) is 9.59 Å². The van der Waals surface area contributed by atoms with E-state index in [1.54, 1.807) is 13.3 Å².